The Hall–Kier alpha value is -5.71. The van der Waals surface area contributed by atoms with Crippen molar-refractivity contribution in [3.05, 3.63) is 152 Å². The van der Waals surface area contributed by atoms with E-state index in [2.05, 4.69) is 0 Å². The van der Waals surface area contributed by atoms with E-state index in [0.29, 0.717) is 16.9 Å². The van der Waals surface area contributed by atoms with Gasteiger partial charge in [0.05, 0.1) is 16.3 Å². The maximum atomic E-state index is 14.0. The summed E-state index contributed by atoms with van der Waals surface area (Å²) in [6, 6.07) is 32.2. The summed E-state index contributed by atoms with van der Waals surface area (Å²) < 4.78 is 8.33. The Bertz CT molecular complexity index is 1810. The summed E-state index contributed by atoms with van der Waals surface area (Å²) in [7, 11) is 0. The molecule has 0 amide bonds. The Morgan fingerprint density at radius 3 is 1.92 bits per heavy atom. The minimum Gasteiger partial charge on any atom is -0.455 e. The fourth-order valence-electron chi connectivity index (χ4n) is 4.40. The number of fused-ring (bicyclic) bond motifs is 1. The molecule has 2 heterocycles. The lowest BCUT2D eigenvalue weighted by atomic mass is 10.1. The number of nitro benzene ring substituents is 1. The van der Waals surface area contributed by atoms with Gasteiger partial charge in [-0.2, -0.15) is 4.68 Å². The van der Waals surface area contributed by atoms with Crippen molar-refractivity contribution in [3.8, 4) is 11.4 Å². The Labute approximate surface area is 220 Å². The van der Waals surface area contributed by atoms with Gasteiger partial charge in [0, 0.05) is 11.6 Å². The number of benzene rings is 4. The third kappa shape index (κ3) is 4.07. The number of hydrazone groups is 1. The van der Waals surface area contributed by atoms with E-state index in [9.17, 15) is 19.7 Å². The molecule has 39 heavy (non-hydrogen) atoms. The third-order valence-electron chi connectivity index (χ3n) is 6.16. The first-order valence-electron chi connectivity index (χ1n) is 12.0. The van der Waals surface area contributed by atoms with E-state index in [1.165, 1.54) is 23.3 Å². The van der Waals surface area contributed by atoms with Crippen LogP contribution in [-0.2, 0) is 0 Å². The molecule has 1 aliphatic heterocycles. The van der Waals surface area contributed by atoms with Gasteiger partial charge in [-0.3, -0.25) is 10.1 Å². The molecule has 0 spiro atoms. The summed E-state index contributed by atoms with van der Waals surface area (Å²) in [6.45, 7) is 0. The molecule has 1 atom stereocenters. The van der Waals surface area contributed by atoms with Gasteiger partial charge >= 0.3 is 17.1 Å². The molecule has 6 rings (SSSR count). The van der Waals surface area contributed by atoms with E-state index < -0.39 is 22.5 Å². The van der Waals surface area contributed by atoms with Crippen LogP contribution in [0.2, 0.25) is 0 Å². The second-order valence-corrected chi connectivity index (χ2v) is 8.54. The van der Waals surface area contributed by atoms with Crippen LogP contribution >= 0.6 is 0 Å². The first-order valence-corrected chi connectivity index (χ1v) is 12.0. The minimum atomic E-state index is -1.32. The lowest BCUT2D eigenvalue weighted by molar-refractivity contribution is -0.386. The number of hydrogen-bond donors (Lipinski definition) is 0. The molecule has 1 aliphatic rings. The molecule has 0 aliphatic carbocycles. The van der Waals surface area contributed by atoms with E-state index >= 15 is 0 Å². The van der Waals surface area contributed by atoms with Crippen LogP contribution in [0.1, 0.15) is 11.8 Å². The van der Waals surface area contributed by atoms with Crippen LogP contribution in [0.4, 0.5) is 11.4 Å². The summed E-state index contributed by atoms with van der Waals surface area (Å²) in [4.78, 5) is 40.2. The summed E-state index contributed by atoms with van der Waals surface area (Å²) >= 11 is 0. The molecule has 0 N–H and O–H groups in total. The third-order valence-corrected chi connectivity index (χ3v) is 6.16. The fourth-order valence-corrected chi connectivity index (χ4v) is 4.40. The molecule has 11 heteroatoms. The van der Waals surface area contributed by atoms with Crippen molar-refractivity contribution in [2.45, 2.75) is 6.23 Å². The van der Waals surface area contributed by atoms with E-state index in [-0.39, 0.29) is 17.1 Å². The molecular formula is C28H20N6O5. The molecule has 0 fully saturated rings. The van der Waals surface area contributed by atoms with Crippen molar-refractivity contribution in [3.63, 3.8) is 0 Å². The average Bonchev–Trinajstić information content (AvgIpc) is 3.24. The number of anilines is 1. The molecule has 4 aromatic carbocycles. The summed E-state index contributed by atoms with van der Waals surface area (Å²) in [5.41, 5.74) is 0.0303. The summed E-state index contributed by atoms with van der Waals surface area (Å²) in [5, 5.41) is 17.9. The van der Waals surface area contributed by atoms with Gasteiger partial charge < -0.3 is 4.74 Å². The normalized spacial score (nSPS) is 14.4. The van der Waals surface area contributed by atoms with Crippen LogP contribution in [0.3, 0.4) is 0 Å². The van der Waals surface area contributed by atoms with E-state index in [1.807, 2.05) is 12.1 Å². The second-order valence-electron chi connectivity index (χ2n) is 8.54. The molecule has 5 aromatic rings. The lowest BCUT2D eigenvalue weighted by Gasteiger charge is -2.32. The van der Waals surface area contributed by atoms with Crippen LogP contribution in [0.5, 0.6) is 5.75 Å². The monoisotopic (exact) mass is 520 g/mol. The summed E-state index contributed by atoms with van der Waals surface area (Å²) in [5.74, 6) is -0.0809. The van der Waals surface area contributed by atoms with Crippen LogP contribution in [-0.4, -0.2) is 24.7 Å². The number of rotatable bonds is 6. The topological polar surface area (TPSA) is 117 Å². The maximum Gasteiger partial charge on any atom is 0.373 e. The van der Waals surface area contributed by atoms with Gasteiger partial charge in [0.25, 0.3) is 0 Å². The number of nitrogens with zero attached hydrogens (tertiary/aromatic N) is 6. The van der Waals surface area contributed by atoms with Crippen LogP contribution in [0.25, 0.3) is 5.69 Å². The van der Waals surface area contributed by atoms with Crippen molar-refractivity contribution < 1.29 is 9.66 Å². The maximum absolute atomic E-state index is 14.0. The highest BCUT2D eigenvalue weighted by Gasteiger charge is 2.38. The van der Waals surface area contributed by atoms with E-state index in [0.717, 1.165) is 14.0 Å². The number of aromatic nitrogens is 3. The quantitative estimate of drug-likeness (QED) is 0.247. The van der Waals surface area contributed by atoms with Crippen molar-refractivity contribution >= 4 is 17.1 Å². The van der Waals surface area contributed by atoms with Gasteiger partial charge in [0.15, 0.2) is 5.75 Å². The Kier molecular flexibility index (Phi) is 5.85. The van der Waals surface area contributed by atoms with Crippen LogP contribution in [0.15, 0.2) is 130 Å². The molecule has 0 bridgehead atoms. The molecule has 1 unspecified atom stereocenters. The van der Waals surface area contributed by atoms with E-state index in [4.69, 9.17) is 9.84 Å². The molecular weight excluding hydrogens is 500 g/mol. The van der Waals surface area contributed by atoms with Gasteiger partial charge in [-0.1, -0.05) is 78.9 Å². The smallest absolute Gasteiger partial charge is 0.373 e. The van der Waals surface area contributed by atoms with Crippen LogP contribution < -0.4 is 21.2 Å². The van der Waals surface area contributed by atoms with E-state index in [1.54, 1.807) is 84.9 Å². The van der Waals surface area contributed by atoms with Crippen molar-refractivity contribution in [2.75, 3.05) is 5.12 Å². The molecule has 0 saturated carbocycles. The zero-order valence-electron chi connectivity index (χ0n) is 20.3. The zero-order valence-corrected chi connectivity index (χ0v) is 20.3. The second kappa shape index (κ2) is 9.63. The lowest BCUT2D eigenvalue weighted by Crippen LogP contribution is -2.49. The Morgan fingerprint density at radius 1 is 0.718 bits per heavy atom. The van der Waals surface area contributed by atoms with Gasteiger partial charge in [-0.25, -0.2) is 14.2 Å². The molecule has 0 radical (unpaired) electrons. The Balaban J connectivity index is 1.65. The van der Waals surface area contributed by atoms with Gasteiger partial charge in [0.1, 0.15) is 5.71 Å². The largest absolute Gasteiger partial charge is 0.455 e. The number of para-hydroxylation sites is 4. The molecule has 192 valence electrons. The number of hydrogen-bond acceptors (Lipinski definition) is 7. The van der Waals surface area contributed by atoms with Crippen molar-refractivity contribution in [1.82, 2.24) is 14.0 Å². The molecule has 11 nitrogen and oxygen atoms in total. The van der Waals surface area contributed by atoms with Crippen molar-refractivity contribution in [1.29, 1.82) is 0 Å². The van der Waals surface area contributed by atoms with Gasteiger partial charge in [-0.05, 0) is 30.3 Å². The summed E-state index contributed by atoms with van der Waals surface area (Å²) in [6.07, 6.45) is -1.32. The fraction of sp³-hybridized carbons (Fsp3) is 0.0357. The SMILES string of the molecule is O=c1n(-c2ccccc2)c(=O)n2n1C(Oc1ccccc1[N+](=O)[O-])C(c1ccccc1)=NN2c1ccccc1. The molecule has 1 aromatic heterocycles. The predicted molar refractivity (Wildman–Crippen MR) is 144 cm³/mol. The predicted octanol–water partition coefficient (Wildman–Crippen LogP) is 3.97. The standard InChI is InChI=1S/C28H20N6O5/c35-27-30(21-14-6-2-7-15-21)28(36)33-31(27)26(39-24-19-11-10-18-23(24)34(37)38)25(20-12-4-1-5-13-20)29-32(33)22-16-8-3-9-17-22/h1-19,26H. The van der Waals surface area contributed by atoms with Crippen molar-refractivity contribution in [2.24, 2.45) is 5.10 Å². The number of ether oxygens (including phenoxy) is 1. The first-order chi connectivity index (χ1) is 19.0. The van der Waals surface area contributed by atoms with Gasteiger partial charge in [-0.15, -0.1) is 15.0 Å². The molecule has 0 saturated heterocycles. The first kappa shape index (κ1) is 23.7. The number of nitro groups is 1. The van der Waals surface area contributed by atoms with Crippen LogP contribution in [0, 0.1) is 10.1 Å². The Morgan fingerprint density at radius 2 is 1.28 bits per heavy atom. The highest BCUT2D eigenvalue weighted by molar-refractivity contribution is 6.03. The highest BCUT2D eigenvalue weighted by atomic mass is 16.6. The zero-order chi connectivity index (χ0) is 26.9. The highest BCUT2D eigenvalue weighted by Crippen LogP contribution is 2.32. The van der Waals surface area contributed by atoms with Gasteiger partial charge in [0.2, 0.25) is 6.23 Å². The average molecular weight is 521 g/mol. The minimum absolute atomic E-state index is 0.0809.